The number of H-pyrrole nitrogens is 1. The first-order chi connectivity index (χ1) is 16.6. The number of rotatable bonds is 17. The first-order valence-corrected chi connectivity index (χ1v) is 12.7. The Morgan fingerprint density at radius 3 is 2.29 bits per heavy atom. The number of nitrogens with one attached hydrogen (secondary N) is 4. The molecule has 1 aromatic rings. The van der Waals surface area contributed by atoms with Crippen LogP contribution < -0.4 is 27.4 Å². The minimum absolute atomic E-state index is 0.0274. The molecule has 0 radical (unpaired) electrons. The maximum atomic E-state index is 13.1. The van der Waals surface area contributed by atoms with E-state index in [1.54, 1.807) is 11.8 Å². The number of imidazole rings is 1. The van der Waals surface area contributed by atoms with Crippen LogP contribution in [0.1, 0.15) is 38.3 Å². The van der Waals surface area contributed by atoms with Crippen LogP contribution in [0.25, 0.3) is 0 Å². The summed E-state index contributed by atoms with van der Waals surface area (Å²) >= 11 is 1.55. The third kappa shape index (κ3) is 11.1. The summed E-state index contributed by atoms with van der Waals surface area (Å²) < 4.78 is 0. The first-order valence-electron chi connectivity index (χ1n) is 11.3. The van der Waals surface area contributed by atoms with Crippen molar-refractivity contribution in [1.82, 2.24) is 25.9 Å². The number of aliphatic carboxylic acids is 1. The molecule has 0 fully saturated rings. The number of carboxylic acids is 1. The molecule has 1 heterocycles. The van der Waals surface area contributed by atoms with Crippen LogP contribution in [-0.2, 0) is 25.6 Å². The summed E-state index contributed by atoms with van der Waals surface area (Å²) in [5, 5.41) is 26.5. The largest absolute Gasteiger partial charge is 0.480 e. The molecule has 0 saturated carbocycles. The molecule has 0 spiro atoms. The molecule has 5 unspecified atom stereocenters. The van der Waals surface area contributed by atoms with Crippen LogP contribution in [0.5, 0.6) is 0 Å². The van der Waals surface area contributed by atoms with Crippen molar-refractivity contribution < 1.29 is 29.4 Å². The van der Waals surface area contributed by atoms with Gasteiger partial charge in [0, 0.05) is 18.3 Å². The third-order valence-electron chi connectivity index (χ3n) is 5.21. The summed E-state index contributed by atoms with van der Waals surface area (Å²) in [6.07, 6.45) is 5.24. The Morgan fingerprint density at radius 1 is 1.09 bits per heavy atom. The van der Waals surface area contributed by atoms with Crippen LogP contribution in [0.15, 0.2) is 12.5 Å². The van der Waals surface area contributed by atoms with E-state index in [-0.39, 0.29) is 12.8 Å². The molecule has 5 atom stereocenters. The summed E-state index contributed by atoms with van der Waals surface area (Å²) in [5.74, 6) is -2.67. The normalized spacial score (nSPS) is 15.3. The second kappa shape index (κ2) is 16.1. The molecule has 0 aliphatic rings. The van der Waals surface area contributed by atoms with E-state index < -0.39 is 54.0 Å². The number of carbonyl (C=O) groups is 4. The molecule has 1 rings (SSSR count). The van der Waals surface area contributed by atoms with E-state index in [1.165, 1.54) is 19.4 Å². The smallest absolute Gasteiger partial charge is 0.328 e. The molecule has 0 aliphatic heterocycles. The monoisotopic (exact) mass is 515 g/mol. The molecule has 14 heteroatoms. The van der Waals surface area contributed by atoms with Crippen LogP contribution >= 0.6 is 11.8 Å². The molecule has 35 heavy (non-hydrogen) atoms. The molecule has 198 valence electrons. The molecule has 0 aliphatic carbocycles. The number of amides is 3. The number of nitrogens with two attached hydrogens (primary N) is 2. The van der Waals surface area contributed by atoms with E-state index >= 15 is 0 Å². The van der Waals surface area contributed by atoms with Gasteiger partial charge in [0.25, 0.3) is 0 Å². The van der Waals surface area contributed by atoms with E-state index in [2.05, 4.69) is 25.9 Å². The van der Waals surface area contributed by atoms with Gasteiger partial charge in [0.1, 0.15) is 12.1 Å². The maximum Gasteiger partial charge on any atom is 0.328 e. The Labute approximate surface area is 208 Å². The van der Waals surface area contributed by atoms with Gasteiger partial charge in [-0.2, -0.15) is 11.8 Å². The number of aliphatic hydroxyl groups is 1. The van der Waals surface area contributed by atoms with Crippen molar-refractivity contribution in [2.75, 3.05) is 18.6 Å². The predicted octanol–water partition coefficient (Wildman–Crippen LogP) is -1.92. The van der Waals surface area contributed by atoms with Gasteiger partial charge in [0.05, 0.1) is 18.5 Å². The summed E-state index contributed by atoms with van der Waals surface area (Å²) in [5.41, 5.74) is 12.0. The van der Waals surface area contributed by atoms with Crippen molar-refractivity contribution in [3.8, 4) is 0 Å². The lowest BCUT2D eigenvalue weighted by molar-refractivity contribution is -0.145. The molecule has 1 aromatic heterocycles. The summed E-state index contributed by atoms with van der Waals surface area (Å²) in [6, 6.07) is -4.54. The number of aromatic nitrogens is 2. The van der Waals surface area contributed by atoms with Crippen LogP contribution in [-0.4, -0.2) is 92.7 Å². The van der Waals surface area contributed by atoms with Gasteiger partial charge in [0.15, 0.2) is 6.04 Å². The maximum absolute atomic E-state index is 13.1. The van der Waals surface area contributed by atoms with Crippen LogP contribution in [0, 0.1) is 0 Å². The molecule has 10 N–H and O–H groups in total. The Bertz CT molecular complexity index is 808. The predicted molar refractivity (Wildman–Crippen MR) is 131 cm³/mol. The zero-order valence-electron chi connectivity index (χ0n) is 20.0. The highest BCUT2D eigenvalue weighted by atomic mass is 32.2. The number of aromatic amines is 1. The average molecular weight is 516 g/mol. The molecular formula is C21H37N7O6S. The highest BCUT2D eigenvalue weighted by Gasteiger charge is 2.32. The zero-order valence-corrected chi connectivity index (χ0v) is 20.8. The van der Waals surface area contributed by atoms with Crippen molar-refractivity contribution >= 4 is 35.5 Å². The SMILES string of the molecule is CSCCC(N)C(=O)NC(CCCCN)C(=O)NC(Cc1cnc[nH]1)C(=O)NC(C(=O)O)C(C)O. The van der Waals surface area contributed by atoms with E-state index in [0.717, 1.165) is 0 Å². The Morgan fingerprint density at radius 2 is 1.74 bits per heavy atom. The fraction of sp³-hybridized carbons (Fsp3) is 0.667. The molecular weight excluding hydrogens is 478 g/mol. The van der Waals surface area contributed by atoms with Crippen molar-refractivity contribution in [3.63, 3.8) is 0 Å². The number of aliphatic hydroxyl groups excluding tert-OH is 1. The van der Waals surface area contributed by atoms with Gasteiger partial charge in [-0.25, -0.2) is 9.78 Å². The van der Waals surface area contributed by atoms with Crippen LogP contribution in [0.2, 0.25) is 0 Å². The highest BCUT2D eigenvalue weighted by molar-refractivity contribution is 7.98. The van der Waals surface area contributed by atoms with Crippen molar-refractivity contribution in [3.05, 3.63) is 18.2 Å². The van der Waals surface area contributed by atoms with E-state index in [9.17, 15) is 29.4 Å². The highest BCUT2D eigenvalue weighted by Crippen LogP contribution is 2.07. The molecule has 0 bridgehead atoms. The fourth-order valence-corrected chi connectivity index (χ4v) is 3.65. The fourth-order valence-electron chi connectivity index (χ4n) is 3.16. The van der Waals surface area contributed by atoms with Gasteiger partial charge < -0.3 is 42.6 Å². The van der Waals surface area contributed by atoms with Crippen molar-refractivity contribution in [2.24, 2.45) is 11.5 Å². The standard InChI is InChI=1S/C21H37N7O6S/c1-12(29)17(21(33)34)28-20(32)16(9-13-10-24-11-25-13)27-19(31)15(5-3-4-7-22)26-18(30)14(23)6-8-35-2/h10-12,14-17,29H,3-9,22-23H2,1-2H3,(H,24,25)(H,26,30)(H,27,31)(H,28,32)(H,33,34). The van der Waals surface area contributed by atoms with Gasteiger partial charge in [-0.3, -0.25) is 14.4 Å². The van der Waals surface area contributed by atoms with Gasteiger partial charge in [0.2, 0.25) is 17.7 Å². The molecule has 0 aromatic carbocycles. The first kappa shape index (κ1) is 30.4. The summed E-state index contributed by atoms with van der Waals surface area (Å²) in [6.45, 7) is 1.64. The zero-order chi connectivity index (χ0) is 26.4. The van der Waals surface area contributed by atoms with Gasteiger partial charge in [-0.15, -0.1) is 0 Å². The minimum atomic E-state index is -1.57. The lowest BCUT2D eigenvalue weighted by atomic mass is 10.0. The number of thioether (sulfide) groups is 1. The number of nitrogens with zero attached hydrogens (tertiary/aromatic N) is 1. The van der Waals surface area contributed by atoms with Gasteiger partial charge >= 0.3 is 5.97 Å². The Hall–Kier alpha value is -2.68. The third-order valence-corrected chi connectivity index (χ3v) is 5.85. The number of carboxylic acid groups (broad SMARTS) is 1. The second-order valence-electron chi connectivity index (χ2n) is 8.14. The van der Waals surface area contributed by atoms with Gasteiger partial charge in [-0.1, -0.05) is 0 Å². The summed E-state index contributed by atoms with van der Waals surface area (Å²) in [4.78, 5) is 56.7. The number of hydrogen-bond acceptors (Lipinski definition) is 9. The van der Waals surface area contributed by atoms with Crippen molar-refractivity contribution in [2.45, 2.75) is 69.3 Å². The Balaban J connectivity index is 3.03. The Kier molecular flexibility index (Phi) is 13.9. The summed E-state index contributed by atoms with van der Waals surface area (Å²) in [7, 11) is 0. The van der Waals surface area contributed by atoms with E-state index in [0.29, 0.717) is 37.3 Å². The topological polar surface area (TPSA) is 226 Å². The molecule has 3 amide bonds. The lowest BCUT2D eigenvalue weighted by Gasteiger charge is -2.25. The van der Waals surface area contributed by atoms with Crippen LogP contribution in [0.3, 0.4) is 0 Å². The lowest BCUT2D eigenvalue weighted by Crippen LogP contribution is -2.58. The van der Waals surface area contributed by atoms with Crippen molar-refractivity contribution in [1.29, 1.82) is 0 Å². The quantitative estimate of drug-likeness (QED) is 0.107. The number of hydrogen-bond donors (Lipinski definition) is 8. The average Bonchev–Trinajstić information content (AvgIpc) is 3.32. The van der Waals surface area contributed by atoms with E-state index in [4.69, 9.17) is 11.5 Å². The minimum Gasteiger partial charge on any atom is -0.480 e. The number of unbranched alkanes of at least 4 members (excludes halogenated alkanes) is 1. The number of carbonyl (C=O) groups excluding carboxylic acids is 3. The van der Waals surface area contributed by atoms with Crippen LogP contribution in [0.4, 0.5) is 0 Å². The second-order valence-corrected chi connectivity index (χ2v) is 9.13. The van der Waals surface area contributed by atoms with E-state index in [1.807, 2.05) is 6.26 Å². The van der Waals surface area contributed by atoms with Gasteiger partial charge in [-0.05, 0) is 51.2 Å². The molecule has 0 saturated heterocycles. The molecule has 13 nitrogen and oxygen atoms in total.